The zero-order chi connectivity index (χ0) is 22.6. The van der Waals surface area contributed by atoms with Gasteiger partial charge in [-0.1, -0.05) is 12.1 Å². The van der Waals surface area contributed by atoms with Crippen LogP contribution in [0.4, 0.5) is 13.2 Å². The number of ether oxygens (including phenoxy) is 1. The summed E-state index contributed by atoms with van der Waals surface area (Å²) in [5, 5.41) is 2.80. The number of alkyl halides is 3. The smallest absolute Gasteiger partial charge is 0.421 e. The van der Waals surface area contributed by atoms with Crippen LogP contribution in [0.2, 0.25) is 0 Å². The number of hydrogen-bond acceptors (Lipinski definition) is 4. The number of pyridine rings is 1. The molecular weight excluding hydrogens is 411 g/mol. The minimum absolute atomic E-state index is 0.0937. The maximum absolute atomic E-state index is 12.9. The van der Waals surface area contributed by atoms with Gasteiger partial charge in [0.15, 0.2) is 0 Å². The van der Waals surface area contributed by atoms with Crippen molar-refractivity contribution in [1.82, 2.24) is 14.8 Å². The van der Waals surface area contributed by atoms with Crippen molar-refractivity contribution >= 4 is 5.91 Å². The second kappa shape index (κ2) is 9.55. The first-order chi connectivity index (χ1) is 14.7. The van der Waals surface area contributed by atoms with Crippen molar-refractivity contribution in [3.8, 4) is 5.75 Å². The SMILES string of the molecule is COc1ccc(C2C(CNC(=O)Cn3cccc(C(F)(F)F)c3=O)CCCN2C)cc1. The molecule has 1 fully saturated rings. The van der Waals surface area contributed by atoms with E-state index in [1.165, 1.54) is 6.20 Å². The Morgan fingerprint density at radius 3 is 2.58 bits per heavy atom. The molecule has 2 atom stereocenters. The molecule has 168 valence electrons. The zero-order valence-electron chi connectivity index (χ0n) is 17.5. The molecule has 31 heavy (non-hydrogen) atoms. The van der Waals surface area contributed by atoms with E-state index in [9.17, 15) is 22.8 Å². The summed E-state index contributed by atoms with van der Waals surface area (Å²) < 4.78 is 44.8. The number of piperidine rings is 1. The van der Waals surface area contributed by atoms with E-state index in [0.717, 1.165) is 41.3 Å². The van der Waals surface area contributed by atoms with Gasteiger partial charge >= 0.3 is 6.18 Å². The number of halogens is 3. The molecule has 2 unspecified atom stereocenters. The topological polar surface area (TPSA) is 63.6 Å². The first kappa shape index (κ1) is 22.9. The molecule has 0 aliphatic carbocycles. The number of benzene rings is 1. The number of methoxy groups -OCH3 is 1. The van der Waals surface area contributed by atoms with Crippen LogP contribution in [-0.2, 0) is 17.5 Å². The molecule has 1 aromatic heterocycles. The average molecular weight is 437 g/mol. The Kier molecular flexibility index (Phi) is 7.04. The van der Waals surface area contributed by atoms with Gasteiger partial charge in [0.2, 0.25) is 5.91 Å². The zero-order valence-corrected chi connectivity index (χ0v) is 17.5. The van der Waals surface area contributed by atoms with Crippen molar-refractivity contribution in [3.63, 3.8) is 0 Å². The van der Waals surface area contributed by atoms with E-state index in [1.807, 2.05) is 31.3 Å². The normalized spacial score (nSPS) is 19.8. The Morgan fingerprint density at radius 1 is 1.23 bits per heavy atom. The molecule has 0 bridgehead atoms. The highest BCUT2D eigenvalue weighted by molar-refractivity contribution is 5.75. The molecule has 1 saturated heterocycles. The molecular formula is C22H26F3N3O3. The number of rotatable bonds is 6. The first-order valence-corrected chi connectivity index (χ1v) is 10.1. The molecule has 1 N–H and O–H groups in total. The van der Waals surface area contributed by atoms with Gasteiger partial charge in [-0.15, -0.1) is 0 Å². The summed E-state index contributed by atoms with van der Waals surface area (Å²) in [6.45, 7) is 0.840. The summed E-state index contributed by atoms with van der Waals surface area (Å²) in [5.74, 6) is 0.399. The lowest BCUT2D eigenvalue weighted by atomic mass is 9.85. The van der Waals surface area contributed by atoms with Gasteiger partial charge in [-0.05, 0) is 62.2 Å². The molecule has 0 spiro atoms. The number of nitrogens with zero attached hydrogens (tertiary/aromatic N) is 2. The summed E-state index contributed by atoms with van der Waals surface area (Å²) in [4.78, 5) is 26.7. The van der Waals surface area contributed by atoms with Crippen LogP contribution in [0.3, 0.4) is 0 Å². The third kappa shape index (κ3) is 5.46. The highest BCUT2D eigenvalue weighted by Crippen LogP contribution is 2.35. The monoisotopic (exact) mass is 437 g/mol. The standard InChI is InChI=1S/C22H26F3N3O3/c1-27-11-3-5-16(20(27)15-7-9-17(31-2)10-8-15)13-26-19(29)14-28-12-4-6-18(21(28)30)22(23,24)25/h4,6-10,12,16,20H,3,5,11,13-14H2,1-2H3,(H,26,29). The van der Waals surface area contributed by atoms with Crippen LogP contribution in [0.15, 0.2) is 47.4 Å². The van der Waals surface area contributed by atoms with Gasteiger partial charge in [0.25, 0.3) is 5.56 Å². The second-order valence-corrected chi connectivity index (χ2v) is 7.76. The lowest BCUT2D eigenvalue weighted by Gasteiger charge is -2.39. The van der Waals surface area contributed by atoms with Crippen LogP contribution in [0, 0.1) is 5.92 Å². The molecule has 0 saturated carbocycles. The fourth-order valence-electron chi connectivity index (χ4n) is 4.13. The highest BCUT2D eigenvalue weighted by atomic mass is 19.4. The summed E-state index contributed by atoms with van der Waals surface area (Å²) in [6, 6.07) is 9.73. The number of nitrogens with one attached hydrogen (secondary N) is 1. The Bertz CT molecular complexity index is 957. The van der Waals surface area contributed by atoms with Crippen LogP contribution in [0.5, 0.6) is 5.75 Å². The van der Waals surface area contributed by atoms with Crippen molar-refractivity contribution < 1.29 is 22.7 Å². The van der Waals surface area contributed by atoms with Crippen molar-refractivity contribution in [2.45, 2.75) is 31.6 Å². The van der Waals surface area contributed by atoms with Crippen molar-refractivity contribution in [2.75, 3.05) is 27.2 Å². The molecule has 1 aliphatic heterocycles. The van der Waals surface area contributed by atoms with E-state index in [-0.39, 0.29) is 12.0 Å². The number of likely N-dealkylation sites (tertiary alicyclic amines) is 1. The molecule has 1 aromatic carbocycles. The van der Waals surface area contributed by atoms with Gasteiger partial charge in [-0.3, -0.25) is 14.5 Å². The summed E-state index contributed by atoms with van der Waals surface area (Å²) in [6.07, 6.45) is -1.68. The lowest BCUT2D eigenvalue weighted by molar-refractivity contribution is -0.139. The Labute approximate surface area is 178 Å². The van der Waals surface area contributed by atoms with Crippen molar-refractivity contribution in [1.29, 1.82) is 0 Å². The van der Waals surface area contributed by atoms with Gasteiger partial charge in [-0.25, -0.2) is 0 Å². The number of carbonyl (C=O) groups excluding carboxylic acids is 1. The highest BCUT2D eigenvalue weighted by Gasteiger charge is 2.34. The second-order valence-electron chi connectivity index (χ2n) is 7.76. The summed E-state index contributed by atoms with van der Waals surface area (Å²) in [5.41, 5.74) is -1.40. The molecule has 3 rings (SSSR count). The molecule has 1 aliphatic rings. The molecule has 9 heteroatoms. The fraction of sp³-hybridized carbons (Fsp3) is 0.455. The Balaban J connectivity index is 1.67. The predicted molar refractivity (Wildman–Crippen MR) is 110 cm³/mol. The van der Waals surface area contributed by atoms with Crippen LogP contribution in [-0.4, -0.2) is 42.6 Å². The van der Waals surface area contributed by atoms with Gasteiger partial charge in [0.1, 0.15) is 17.9 Å². The average Bonchev–Trinajstić information content (AvgIpc) is 2.73. The third-order valence-electron chi connectivity index (χ3n) is 5.67. The first-order valence-electron chi connectivity index (χ1n) is 10.1. The lowest BCUT2D eigenvalue weighted by Crippen LogP contribution is -2.43. The van der Waals surface area contributed by atoms with Gasteiger partial charge in [-0.2, -0.15) is 13.2 Å². The number of carbonyl (C=O) groups is 1. The van der Waals surface area contributed by atoms with Gasteiger partial charge in [0, 0.05) is 18.8 Å². The van der Waals surface area contributed by atoms with Crippen LogP contribution in [0.1, 0.15) is 30.0 Å². The van der Waals surface area contributed by atoms with Crippen molar-refractivity contribution in [2.24, 2.45) is 5.92 Å². The Hall–Kier alpha value is -2.81. The van der Waals surface area contributed by atoms with E-state index in [0.29, 0.717) is 12.6 Å². The minimum Gasteiger partial charge on any atom is -0.497 e. The Morgan fingerprint density at radius 2 is 1.94 bits per heavy atom. The number of aromatic nitrogens is 1. The fourth-order valence-corrected chi connectivity index (χ4v) is 4.13. The minimum atomic E-state index is -4.76. The van der Waals surface area contributed by atoms with Gasteiger partial charge < -0.3 is 14.6 Å². The van der Waals surface area contributed by atoms with Crippen LogP contribution in [0.25, 0.3) is 0 Å². The molecule has 2 heterocycles. The van der Waals surface area contributed by atoms with E-state index >= 15 is 0 Å². The third-order valence-corrected chi connectivity index (χ3v) is 5.67. The van der Waals surface area contributed by atoms with E-state index in [2.05, 4.69) is 10.2 Å². The predicted octanol–water partition coefficient (Wildman–Crippen LogP) is 3.08. The van der Waals surface area contributed by atoms with Gasteiger partial charge in [0.05, 0.1) is 7.11 Å². The molecule has 1 amide bonds. The summed E-state index contributed by atoms with van der Waals surface area (Å²) >= 11 is 0. The van der Waals surface area contributed by atoms with Crippen LogP contribution >= 0.6 is 0 Å². The molecule has 2 aromatic rings. The number of amides is 1. The largest absolute Gasteiger partial charge is 0.497 e. The van der Waals surface area contributed by atoms with E-state index in [4.69, 9.17) is 4.74 Å². The number of hydrogen-bond donors (Lipinski definition) is 1. The quantitative estimate of drug-likeness (QED) is 0.755. The summed E-state index contributed by atoms with van der Waals surface area (Å²) in [7, 11) is 3.64. The van der Waals surface area contributed by atoms with E-state index in [1.54, 1.807) is 7.11 Å². The van der Waals surface area contributed by atoms with Crippen LogP contribution < -0.4 is 15.6 Å². The van der Waals surface area contributed by atoms with E-state index < -0.39 is 29.8 Å². The molecule has 0 radical (unpaired) electrons. The maximum atomic E-state index is 12.9. The molecule has 6 nitrogen and oxygen atoms in total. The maximum Gasteiger partial charge on any atom is 0.421 e. The van der Waals surface area contributed by atoms with Crippen molar-refractivity contribution in [3.05, 3.63) is 64.1 Å².